The molecule has 0 aromatic carbocycles. The molecule has 0 spiro atoms. The Labute approximate surface area is 245 Å². The van der Waals surface area contributed by atoms with Crippen molar-refractivity contribution in [3.63, 3.8) is 0 Å². The average molecular weight is 632 g/mol. The number of nitrogens with one attached hydrogen (secondary N) is 1. The van der Waals surface area contributed by atoms with Crippen LogP contribution in [-0.2, 0) is 10.0 Å². The number of halogens is 3. The normalized spacial score (nSPS) is 17.2. The Morgan fingerprint density at radius 3 is 2.44 bits per heavy atom. The Balaban J connectivity index is 1.50. The Morgan fingerprint density at radius 2 is 1.85 bits per heavy atom. The first-order valence-corrected chi connectivity index (χ1v) is 15.7. The maximum Gasteiger partial charge on any atom is 0.319 e. The summed E-state index contributed by atoms with van der Waals surface area (Å²) >= 11 is 7.26. The third kappa shape index (κ3) is 6.26. The molecule has 3 aromatic heterocycles. The minimum Gasteiger partial charge on any atom is -0.366 e. The van der Waals surface area contributed by atoms with Gasteiger partial charge in [-0.05, 0) is 39.9 Å². The molecule has 1 aliphatic carbocycles. The molecule has 2 fully saturated rings. The van der Waals surface area contributed by atoms with Gasteiger partial charge in [-0.3, -0.25) is 4.40 Å². The molecule has 0 unspecified atom stereocenters. The highest BCUT2D eigenvalue weighted by Crippen LogP contribution is 2.39. The molecule has 4 heterocycles. The zero-order valence-electron chi connectivity index (χ0n) is 23.1. The van der Waals surface area contributed by atoms with Crippen LogP contribution in [0.1, 0.15) is 31.2 Å². The van der Waals surface area contributed by atoms with E-state index in [1.807, 2.05) is 30.8 Å². The number of carbonyl (C=O) groups is 1. The largest absolute Gasteiger partial charge is 0.366 e. The standard InChI is InChI=1S/C24H32ClF2N9O3S2/c1-24(5-6-24)31-41(38,39)15-13-16(34-9-11-35(12-10-34)23(37)33(4)8-7-32(2)3)17-18(25)28-20(36(17)14-15)22-30-29-21(40-22)19(26)27/h13-14,19,31H,5-12H2,1-4H3. The number of amides is 2. The number of likely N-dealkylation sites (N-methyl/N-ethyl adjacent to an activating group) is 2. The van der Waals surface area contributed by atoms with Gasteiger partial charge in [0.05, 0.1) is 5.69 Å². The number of piperazine rings is 1. The number of rotatable bonds is 9. The second-order valence-electron chi connectivity index (χ2n) is 10.9. The van der Waals surface area contributed by atoms with Gasteiger partial charge < -0.3 is 19.6 Å². The first-order chi connectivity index (χ1) is 19.3. The lowest BCUT2D eigenvalue weighted by atomic mass is 10.2. The highest BCUT2D eigenvalue weighted by atomic mass is 35.5. The van der Waals surface area contributed by atoms with E-state index < -0.39 is 27.0 Å². The van der Waals surface area contributed by atoms with Gasteiger partial charge in [-0.1, -0.05) is 22.9 Å². The molecule has 2 amide bonds. The number of fused-ring (bicyclic) bond motifs is 1. The minimum atomic E-state index is -3.95. The maximum atomic E-state index is 13.5. The number of urea groups is 1. The van der Waals surface area contributed by atoms with Crippen LogP contribution in [-0.4, -0.2) is 115 Å². The van der Waals surface area contributed by atoms with E-state index in [9.17, 15) is 22.0 Å². The van der Waals surface area contributed by atoms with Crippen molar-refractivity contribution in [2.45, 2.75) is 36.6 Å². The van der Waals surface area contributed by atoms with Crippen LogP contribution in [0.5, 0.6) is 0 Å². The van der Waals surface area contributed by atoms with Crippen molar-refractivity contribution >= 4 is 50.2 Å². The van der Waals surface area contributed by atoms with Gasteiger partial charge in [-0.25, -0.2) is 31.7 Å². The van der Waals surface area contributed by atoms with Gasteiger partial charge in [0.15, 0.2) is 21.0 Å². The van der Waals surface area contributed by atoms with Crippen molar-refractivity contribution in [3.8, 4) is 10.8 Å². The molecule has 1 saturated heterocycles. The van der Waals surface area contributed by atoms with Gasteiger partial charge in [-0.15, -0.1) is 10.2 Å². The van der Waals surface area contributed by atoms with Crippen molar-refractivity contribution in [3.05, 3.63) is 22.4 Å². The molecule has 0 bridgehead atoms. The number of pyridine rings is 1. The van der Waals surface area contributed by atoms with Gasteiger partial charge in [0, 0.05) is 58.1 Å². The van der Waals surface area contributed by atoms with Crippen molar-refractivity contribution in [1.82, 2.24) is 39.0 Å². The highest BCUT2D eigenvalue weighted by Gasteiger charge is 2.42. The number of alkyl halides is 2. The van der Waals surface area contributed by atoms with Gasteiger partial charge in [-0.2, -0.15) is 0 Å². The van der Waals surface area contributed by atoms with Crippen LogP contribution >= 0.6 is 22.9 Å². The summed E-state index contributed by atoms with van der Waals surface area (Å²) in [5, 5.41) is 7.08. The number of aromatic nitrogens is 4. The number of sulfonamides is 1. The van der Waals surface area contributed by atoms with Crippen LogP contribution in [0.2, 0.25) is 5.15 Å². The number of hydrogen-bond acceptors (Lipinski definition) is 9. The zero-order valence-corrected chi connectivity index (χ0v) is 25.5. The smallest absolute Gasteiger partial charge is 0.319 e. The summed E-state index contributed by atoms with van der Waals surface area (Å²) in [6, 6.07) is 1.47. The van der Waals surface area contributed by atoms with Crippen molar-refractivity contribution < 1.29 is 22.0 Å². The molecule has 224 valence electrons. The van der Waals surface area contributed by atoms with E-state index in [-0.39, 0.29) is 26.9 Å². The molecule has 2 aliphatic rings. The molecule has 1 saturated carbocycles. The fraction of sp³-hybridized carbons (Fsp3) is 0.583. The molecule has 1 aliphatic heterocycles. The van der Waals surface area contributed by atoms with E-state index in [2.05, 4.69) is 19.9 Å². The number of hydrogen-bond donors (Lipinski definition) is 1. The average Bonchev–Trinajstić information content (AvgIpc) is 3.30. The first-order valence-electron chi connectivity index (χ1n) is 13.1. The Kier molecular flexibility index (Phi) is 8.15. The summed E-state index contributed by atoms with van der Waals surface area (Å²) in [7, 11) is 1.71. The van der Waals surface area contributed by atoms with E-state index in [1.165, 1.54) is 10.6 Å². The summed E-state index contributed by atoms with van der Waals surface area (Å²) in [5.74, 6) is 0.113. The molecule has 17 heteroatoms. The quantitative estimate of drug-likeness (QED) is 0.383. The van der Waals surface area contributed by atoms with Crippen LogP contribution in [0.3, 0.4) is 0 Å². The van der Waals surface area contributed by atoms with Gasteiger partial charge in [0.25, 0.3) is 6.43 Å². The van der Waals surface area contributed by atoms with E-state index in [0.29, 0.717) is 55.3 Å². The maximum absolute atomic E-state index is 13.5. The van der Waals surface area contributed by atoms with Crippen LogP contribution in [0.25, 0.3) is 16.3 Å². The van der Waals surface area contributed by atoms with E-state index in [4.69, 9.17) is 11.6 Å². The second kappa shape index (κ2) is 11.2. The van der Waals surface area contributed by atoms with Crippen molar-refractivity contribution in [1.29, 1.82) is 0 Å². The summed E-state index contributed by atoms with van der Waals surface area (Å²) in [4.78, 5) is 24.7. The number of carbonyl (C=O) groups excluding carboxylic acids is 1. The molecular formula is C24H32ClF2N9O3S2. The van der Waals surface area contributed by atoms with Gasteiger partial charge >= 0.3 is 6.03 Å². The molecule has 5 rings (SSSR count). The zero-order chi connectivity index (χ0) is 29.7. The number of nitrogens with zero attached hydrogens (tertiary/aromatic N) is 8. The topological polar surface area (TPSA) is 119 Å². The Morgan fingerprint density at radius 1 is 1.17 bits per heavy atom. The molecular weight excluding hydrogens is 600 g/mol. The summed E-state index contributed by atoms with van der Waals surface area (Å²) < 4.78 is 57.6. The number of anilines is 1. The summed E-state index contributed by atoms with van der Waals surface area (Å²) in [6.45, 7) is 4.83. The van der Waals surface area contributed by atoms with E-state index >= 15 is 0 Å². The second-order valence-corrected chi connectivity index (χ2v) is 13.9. The van der Waals surface area contributed by atoms with Gasteiger partial charge in [0.1, 0.15) is 10.4 Å². The predicted molar refractivity (Wildman–Crippen MR) is 152 cm³/mol. The predicted octanol–water partition coefficient (Wildman–Crippen LogP) is 3.01. The van der Waals surface area contributed by atoms with Crippen LogP contribution in [0, 0.1) is 0 Å². The third-order valence-corrected chi connectivity index (χ3v) is 10.1. The lowest BCUT2D eigenvalue weighted by Crippen LogP contribution is -2.53. The lowest BCUT2D eigenvalue weighted by molar-refractivity contribution is 0.150. The molecule has 41 heavy (non-hydrogen) atoms. The third-order valence-electron chi connectivity index (χ3n) is 7.26. The fourth-order valence-corrected chi connectivity index (χ4v) is 7.01. The molecule has 0 atom stereocenters. The molecule has 1 N–H and O–H groups in total. The molecule has 12 nitrogen and oxygen atoms in total. The highest BCUT2D eigenvalue weighted by molar-refractivity contribution is 7.89. The van der Waals surface area contributed by atoms with E-state index in [0.717, 1.165) is 19.4 Å². The first kappa shape index (κ1) is 29.8. The summed E-state index contributed by atoms with van der Waals surface area (Å²) in [5.41, 5.74) is 0.401. The monoisotopic (exact) mass is 631 g/mol. The van der Waals surface area contributed by atoms with Crippen molar-refractivity contribution in [2.75, 3.05) is 65.3 Å². The Hall–Kier alpha value is -2.66. The summed E-state index contributed by atoms with van der Waals surface area (Å²) in [6.07, 6.45) is 0.0241. The molecule has 0 radical (unpaired) electrons. The Bertz CT molecular complexity index is 1550. The van der Waals surface area contributed by atoms with Gasteiger partial charge in [0.2, 0.25) is 10.0 Å². The van der Waals surface area contributed by atoms with Crippen LogP contribution < -0.4 is 9.62 Å². The van der Waals surface area contributed by atoms with Crippen LogP contribution in [0.15, 0.2) is 17.2 Å². The SMILES string of the molecule is CN(C)CCN(C)C(=O)N1CCN(c2cc(S(=O)(=O)NC3(C)CC3)cn3c(-c4nnc(C(F)F)s4)nc(Cl)c23)CC1. The number of imidazole rings is 1. The van der Waals surface area contributed by atoms with E-state index in [1.54, 1.807) is 22.9 Å². The lowest BCUT2D eigenvalue weighted by Gasteiger charge is -2.38. The van der Waals surface area contributed by atoms with Crippen molar-refractivity contribution in [2.24, 2.45) is 0 Å². The molecule has 3 aromatic rings. The fourth-order valence-electron chi connectivity index (χ4n) is 4.58. The minimum absolute atomic E-state index is 0.0241. The van der Waals surface area contributed by atoms with Crippen LogP contribution in [0.4, 0.5) is 19.3 Å².